The molecule has 1 unspecified atom stereocenters. The number of carbonyl (C=O) groups excluding carboxylic acids is 3. The molecule has 2 N–H and O–H groups in total. The highest BCUT2D eigenvalue weighted by Gasteiger charge is 2.35. The molecule has 31 heavy (non-hydrogen) atoms. The number of ether oxygens (including phenoxy) is 1. The lowest BCUT2D eigenvalue weighted by molar-refractivity contribution is -0.139. The van der Waals surface area contributed by atoms with Gasteiger partial charge in [0.25, 0.3) is 0 Å². The van der Waals surface area contributed by atoms with E-state index in [1.807, 2.05) is 36.4 Å². The van der Waals surface area contributed by atoms with Gasteiger partial charge >= 0.3 is 12.0 Å². The number of allylic oxidation sites excluding steroid dienone is 1. The molecule has 0 fully saturated rings. The van der Waals surface area contributed by atoms with E-state index in [0.717, 1.165) is 5.56 Å². The summed E-state index contributed by atoms with van der Waals surface area (Å²) < 4.78 is 5.21. The van der Waals surface area contributed by atoms with Gasteiger partial charge in [0.15, 0.2) is 0 Å². The molecule has 3 rings (SSSR count). The van der Waals surface area contributed by atoms with E-state index in [2.05, 4.69) is 10.6 Å². The molecule has 0 saturated carbocycles. The first kappa shape index (κ1) is 22.1. The van der Waals surface area contributed by atoms with Crippen molar-refractivity contribution in [1.82, 2.24) is 10.2 Å². The maximum atomic E-state index is 12.6. The number of nitrogens with one attached hydrogen (secondary N) is 2. The highest BCUT2D eigenvalue weighted by molar-refractivity contribution is 5.95. The molecule has 7 heteroatoms. The third-order valence-corrected chi connectivity index (χ3v) is 5.24. The van der Waals surface area contributed by atoms with E-state index in [9.17, 15) is 14.4 Å². The fourth-order valence-corrected chi connectivity index (χ4v) is 3.48. The molecule has 1 aliphatic heterocycles. The quantitative estimate of drug-likeness (QED) is 0.666. The lowest BCUT2D eigenvalue weighted by Crippen LogP contribution is -2.46. The second-order valence-electron chi connectivity index (χ2n) is 7.32. The highest BCUT2D eigenvalue weighted by atomic mass is 16.5. The predicted octanol–water partition coefficient (Wildman–Crippen LogP) is 3.79. The maximum absolute atomic E-state index is 12.6. The van der Waals surface area contributed by atoms with Gasteiger partial charge in [0.1, 0.15) is 0 Å². The van der Waals surface area contributed by atoms with E-state index < -0.39 is 12.0 Å². The van der Waals surface area contributed by atoms with Crippen LogP contribution < -0.4 is 10.6 Å². The van der Waals surface area contributed by atoms with Gasteiger partial charge in [-0.05, 0) is 43.5 Å². The summed E-state index contributed by atoms with van der Waals surface area (Å²) in [6.07, 6.45) is 0.999. The average molecular weight is 421 g/mol. The normalized spacial score (nSPS) is 16.0. The van der Waals surface area contributed by atoms with E-state index in [1.165, 1.54) is 4.90 Å². The Morgan fingerprint density at radius 3 is 2.58 bits per heavy atom. The lowest BCUT2D eigenvalue weighted by atomic mass is 9.94. The largest absolute Gasteiger partial charge is 0.463 e. The summed E-state index contributed by atoms with van der Waals surface area (Å²) in [4.78, 5) is 38.7. The minimum atomic E-state index is -0.663. The van der Waals surface area contributed by atoms with E-state index >= 15 is 0 Å². The van der Waals surface area contributed by atoms with Crippen molar-refractivity contribution in [1.29, 1.82) is 0 Å². The highest BCUT2D eigenvalue weighted by Crippen LogP contribution is 2.31. The molecule has 0 spiro atoms. The monoisotopic (exact) mass is 421 g/mol. The van der Waals surface area contributed by atoms with Gasteiger partial charge in [0.2, 0.25) is 5.91 Å². The Kier molecular flexibility index (Phi) is 7.07. The van der Waals surface area contributed by atoms with Crippen LogP contribution in [0, 0.1) is 0 Å². The molecule has 2 aromatic carbocycles. The van der Waals surface area contributed by atoms with E-state index in [4.69, 9.17) is 4.74 Å². The van der Waals surface area contributed by atoms with Crippen LogP contribution in [0.2, 0.25) is 0 Å². The van der Waals surface area contributed by atoms with Gasteiger partial charge in [0, 0.05) is 24.9 Å². The molecule has 1 atom stereocenters. The number of carbonyl (C=O) groups is 3. The molecule has 1 heterocycles. The van der Waals surface area contributed by atoms with Gasteiger partial charge in [0.05, 0.1) is 18.2 Å². The van der Waals surface area contributed by atoms with Crippen molar-refractivity contribution in [2.45, 2.75) is 32.7 Å². The summed E-state index contributed by atoms with van der Waals surface area (Å²) in [7, 11) is 1.60. The first-order chi connectivity index (χ1) is 14.9. The third-order valence-electron chi connectivity index (χ3n) is 5.24. The second-order valence-corrected chi connectivity index (χ2v) is 7.32. The molecule has 162 valence electrons. The van der Waals surface area contributed by atoms with Gasteiger partial charge in [-0.15, -0.1) is 0 Å². The zero-order chi connectivity index (χ0) is 22.4. The van der Waals surface area contributed by atoms with Crippen LogP contribution in [-0.4, -0.2) is 36.5 Å². The van der Waals surface area contributed by atoms with Crippen LogP contribution in [0.5, 0.6) is 0 Å². The zero-order valence-electron chi connectivity index (χ0n) is 18.0. The summed E-state index contributed by atoms with van der Waals surface area (Å²) in [6, 6.07) is 16.0. The number of benzene rings is 2. The van der Waals surface area contributed by atoms with E-state index in [-0.39, 0.29) is 18.5 Å². The smallest absolute Gasteiger partial charge is 0.338 e. The molecule has 2 aromatic rings. The molecule has 0 aliphatic carbocycles. The Morgan fingerprint density at radius 1 is 1.13 bits per heavy atom. The van der Waals surface area contributed by atoms with Crippen molar-refractivity contribution in [2.75, 3.05) is 19.0 Å². The Morgan fingerprint density at radius 2 is 1.87 bits per heavy atom. The molecule has 3 amide bonds. The number of hydrogen-bond donors (Lipinski definition) is 2. The Hall–Kier alpha value is -3.61. The van der Waals surface area contributed by atoms with Crippen molar-refractivity contribution in [3.63, 3.8) is 0 Å². The number of urea groups is 1. The van der Waals surface area contributed by atoms with Crippen molar-refractivity contribution in [2.24, 2.45) is 0 Å². The Labute approximate surface area is 182 Å². The van der Waals surface area contributed by atoms with Gasteiger partial charge in [-0.2, -0.15) is 0 Å². The maximum Gasteiger partial charge on any atom is 0.338 e. The van der Waals surface area contributed by atoms with Crippen molar-refractivity contribution >= 4 is 23.6 Å². The first-order valence-electron chi connectivity index (χ1n) is 10.3. The number of hydrogen-bond acceptors (Lipinski definition) is 4. The fourth-order valence-electron chi connectivity index (χ4n) is 3.48. The van der Waals surface area contributed by atoms with E-state index in [1.54, 1.807) is 39.1 Å². The van der Waals surface area contributed by atoms with Crippen molar-refractivity contribution < 1.29 is 19.1 Å². The molecule has 1 aliphatic rings. The molecular formula is C24H27N3O4. The topological polar surface area (TPSA) is 87.7 Å². The fraction of sp³-hybridized carbons (Fsp3) is 0.292. The number of amides is 3. The SMILES string of the molecule is CCOC(=O)C1=C(C)N(C)C(=O)NC1c1cccc(NC(=O)CCc2ccccc2)c1. The molecular weight excluding hydrogens is 394 g/mol. The minimum Gasteiger partial charge on any atom is -0.463 e. The zero-order valence-corrected chi connectivity index (χ0v) is 18.0. The second kappa shape index (κ2) is 9.93. The summed E-state index contributed by atoms with van der Waals surface area (Å²) in [5.41, 5.74) is 3.29. The van der Waals surface area contributed by atoms with Crippen LogP contribution in [0.4, 0.5) is 10.5 Å². The number of aryl methyl sites for hydroxylation is 1. The molecule has 0 aromatic heterocycles. The number of rotatable bonds is 7. The van der Waals surface area contributed by atoms with Gasteiger partial charge < -0.3 is 20.3 Å². The Balaban J connectivity index is 1.78. The lowest BCUT2D eigenvalue weighted by Gasteiger charge is -2.33. The van der Waals surface area contributed by atoms with Crippen LogP contribution in [0.1, 0.15) is 37.4 Å². The molecule has 7 nitrogen and oxygen atoms in total. The average Bonchev–Trinajstić information content (AvgIpc) is 2.77. The van der Waals surface area contributed by atoms with Crippen LogP contribution >= 0.6 is 0 Å². The van der Waals surface area contributed by atoms with E-state index in [0.29, 0.717) is 35.4 Å². The summed E-state index contributed by atoms with van der Waals surface area (Å²) in [6.45, 7) is 3.68. The number of anilines is 1. The first-order valence-corrected chi connectivity index (χ1v) is 10.3. The standard InChI is InChI=1S/C24H27N3O4/c1-4-31-23(29)21-16(2)27(3)24(30)26-22(21)18-11-8-12-19(15-18)25-20(28)14-13-17-9-6-5-7-10-17/h5-12,15,22H,4,13-14H2,1-3H3,(H,25,28)(H,26,30). The summed E-state index contributed by atoms with van der Waals surface area (Å²) >= 11 is 0. The van der Waals surface area contributed by atoms with Crippen molar-refractivity contribution in [3.8, 4) is 0 Å². The number of esters is 1. The third kappa shape index (κ3) is 5.31. The molecule has 0 saturated heterocycles. The van der Waals surface area contributed by atoms with Gasteiger partial charge in [-0.1, -0.05) is 42.5 Å². The summed E-state index contributed by atoms with van der Waals surface area (Å²) in [5.74, 6) is -0.583. The van der Waals surface area contributed by atoms with Crippen LogP contribution in [-0.2, 0) is 20.7 Å². The number of nitrogens with zero attached hydrogens (tertiary/aromatic N) is 1. The van der Waals surface area contributed by atoms with Crippen molar-refractivity contribution in [3.05, 3.63) is 77.0 Å². The summed E-state index contributed by atoms with van der Waals surface area (Å²) in [5, 5.41) is 5.74. The predicted molar refractivity (Wildman–Crippen MR) is 118 cm³/mol. The van der Waals surface area contributed by atoms with Crippen LogP contribution in [0.25, 0.3) is 0 Å². The van der Waals surface area contributed by atoms with Gasteiger partial charge in [-0.25, -0.2) is 9.59 Å². The molecule has 0 bridgehead atoms. The minimum absolute atomic E-state index is 0.106. The van der Waals surface area contributed by atoms with Gasteiger partial charge in [-0.3, -0.25) is 4.79 Å². The van der Waals surface area contributed by atoms with Crippen LogP contribution in [0.3, 0.4) is 0 Å². The van der Waals surface area contributed by atoms with Crippen LogP contribution in [0.15, 0.2) is 65.9 Å². The Bertz CT molecular complexity index is 1000. The molecule has 0 radical (unpaired) electrons.